The molecular formula is C13H13ClN2OS. The number of amides is 1. The van der Waals surface area contributed by atoms with E-state index in [2.05, 4.69) is 12.2 Å². The van der Waals surface area contributed by atoms with Gasteiger partial charge in [-0.3, -0.25) is 4.79 Å². The van der Waals surface area contributed by atoms with Gasteiger partial charge in [0, 0.05) is 9.90 Å². The van der Waals surface area contributed by atoms with Gasteiger partial charge in [0.15, 0.2) is 0 Å². The predicted molar refractivity (Wildman–Crippen MR) is 77.5 cm³/mol. The minimum Gasteiger partial charge on any atom is -0.397 e. The number of nitrogens with two attached hydrogens (primary N) is 1. The van der Waals surface area contributed by atoms with Crippen molar-refractivity contribution in [2.24, 2.45) is 0 Å². The Morgan fingerprint density at radius 3 is 2.83 bits per heavy atom. The van der Waals surface area contributed by atoms with Crippen LogP contribution in [0, 0.1) is 0 Å². The number of rotatable bonds is 3. The van der Waals surface area contributed by atoms with Crippen molar-refractivity contribution < 1.29 is 4.79 Å². The molecule has 5 heteroatoms. The smallest absolute Gasteiger partial charge is 0.265 e. The molecule has 1 amide bonds. The number of nitrogens with one attached hydrogen (secondary N) is 1. The van der Waals surface area contributed by atoms with Crippen LogP contribution in [-0.4, -0.2) is 5.91 Å². The number of halogens is 1. The summed E-state index contributed by atoms with van der Waals surface area (Å²) in [6, 6.07) is 8.78. The highest BCUT2D eigenvalue weighted by Crippen LogP contribution is 2.25. The van der Waals surface area contributed by atoms with Crippen LogP contribution < -0.4 is 11.1 Å². The van der Waals surface area contributed by atoms with Gasteiger partial charge < -0.3 is 11.1 Å². The number of anilines is 2. The number of hydrogen-bond acceptors (Lipinski definition) is 3. The molecule has 2 rings (SSSR count). The number of thiophene rings is 1. The van der Waals surface area contributed by atoms with E-state index in [9.17, 15) is 4.79 Å². The van der Waals surface area contributed by atoms with Crippen LogP contribution in [0.15, 0.2) is 30.3 Å². The highest BCUT2D eigenvalue weighted by atomic mass is 35.5. The zero-order valence-corrected chi connectivity index (χ0v) is 11.4. The first kappa shape index (κ1) is 12.9. The molecule has 0 saturated heterocycles. The van der Waals surface area contributed by atoms with Crippen LogP contribution in [0.3, 0.4) is 0 Å². The Bertz CT molecular complexity index is 580. The summed E-state index contributed by atoms with van der Waals surface area (Å²) in [5.74, 6) is -0.159. The normalized spacial score (nSPS) is 10.3. The highest BCUT2D eigenvalue weighted by molar-refractivity contribution is 7.14. The molecule has 18 heavy (non-hydrogen) atoms. The van der Waals surface area contributed by atoms with Gasteiger partial charge in [0.1, 0.15) is 0 Å². The Morgan fingerprint density at radius 1 is 1.39 bits per heavy atom. The van der Waals surface area contributed by atoms with Gasteiger partial charge in [-0.1, -0.05) is 18.5 Å². The SMILES string of the molecule is CCc1ccc(C(=O)Nc2cc(Cl)ccc2N)s1. The van der Waals surface area contributed by atoms with Gasteiger partial charge in [-0.05, 0) is 36.8 Å². The Kier molecular flexibility index (Phi) is 3.89. The van der Waals surface area contributed by atoms with Gasteiger partial charge in [-0.2, -0.15) is 0 Å². The van der Waals surface area contributed by atoms with Crippen LogP contribution in [-0.2, 0) is 6.42 Å². The predicted octanol–water partition coefficient (Wildman–Crippen LogP) is 3.80. The second-order valence-electron chi connectivity index (χ2n) is 3.81. The zero-order valence-electron chi connectivity index (χ0n) is 9.87. The quantitative estimate of drug-likeness (QED) is 0.840. The molecule has 0 aliphatic heterocycles. The summed E-state index contributed by atoms with van der Waals surface area (Å²) >= 11 is 7.35. The summed E-state index contributed by atoms with van der Waals surface area (Å²) in [5.41, 5.74) is 6.82. The van der Waals surface area contributed by atoms with Crippen LogP contribution in [0.25, 0.3) is 0 Å². The van der Waals surface area contributed by atoms with E-state index in [1.807, 2.05) is 12.1 Å². The van der Waals surface area contributed by atoms with Gasteiger partial charge in [0.05, 0.1) is 16.3 Å². The van der Waals surface area contributed by atoms with Crippen molar-refractivity contribution in [2.75, 3.05) is 11.1 Å². The maximum absolute atomic E-state index is 12.0. The largest absolute Gasteiger partial charge is 0.397 e. The molecule has 3 N–H and O–H groups in total. The van der Waals surface area contributed by atoms with Crippen molar-refractivity contribution in [2.45, 2.75) is 13.3 Å². The molecule has 0 radical (unpaired) electrons. The first-order chi connectivity index (χ1) is 8.60. The minimum absolute atomic E-state index is 0.159. The number of hydrogen-bond donors (Lipinski definition) is 2. The molecule has 0 bridgehead atoms. The van der Waals surface area contributed by atoms with E-state index in [0.29, 0.717) is 21.3 Å². The van der Waals surface area contributed by atoms with Gasteiger partial charge in [-0.15, -0.1) is 11.3 Å². The van der Waals surface area contributed by atoms with Crippen molar-refractivity contribution in [1.82, 2.24) is 0 Å². The maximum atomic E-state index is 12.0. The van der Waals surface area contributed by atoms with E-state index in [4.69, 9.17) is 17.3 Å². The van der Waals surface area contributed by atoms with Crippen molar-refractivity contribution in [3.8, 4) is 0 Å². The number of nitrogen functional groups attached to an aromatic ring is 1. The average Bonchev–Trinajstić information content (AvgIpc) is 2.82. The summed E-state index contributed by atoms with van der Waals surface area (Å²) in [6.07, 6.45) is 0.928. The van der Waals surface area contributed by atoms with Crippen molar-refractivity contribution in [3.05, 3.63) is 45.1 Å². The lowest BCUT2D eigenvalue weighted by atomic mass is 10.2. The monoisotopic (exact) mass is 280 g/mol. The number of aryl methyl sites for hydroxylation is 1. The first-order valence-electron chi connectivity index (χ1n) is 5.55. The Morgan fingerprint density at radius 2 is 2.17 bits per heavy atom. The summed E-state index contributed by atoms with van der Waals surface area (Å²) in [6.45, 7) is 2.06. The van der Waals surface area contributed by atoms with Crippen LogP contribution in [0.1, 0.15) is 21.5 Å². The molecule has 0 spiro atoms. The summed E-state index contributed by atoms with van der Waals surface area (Å²) in [4.78, 5) is 13.9. The van der Waals surface area contributed by atoms with Crippen LogP contribution >= 0.6 is 22.9 Å². The second kappa shape index (κ2) is 5.42. The molecule has 0 atom stereocenters. The molecule has 1 aromatic carbocycles. The first-order valence-corrected chi connectivity index (χ1v) is 6.74. The highest BCUT2D eigenvalue weighted by Gasteiger charge is 2.10. The number of benzene rings is 1. The fraction of sp³-hybridized carbons (Fsp3) is 0.154. The van der Waals surface area contributed by atoms with E-state index in [1.165, 1.54) is 16.2 Å². The Labute approximate surface area is 115 Å². The fourth-order valence-corrected chi connectivity index (χ4v) is 2.53. The Balaban J connectivity index is 2.18. The van der Waals surface area contributed by atoms with E-state index in [-0.39, 0.29) is 5.91 Å². The van der Waals surface area contributed by atoms with E-state index >= 15 is 0 Å². The van der Waals surface area contributed by atoms with E-state index in [0.717, 1.165) is 6.42 Å². The molecule has 0 aliphatic rings. The lowest BCUT2D eigenvalue weighted by Gasteiger charge is -2.07. The van der Waals surface area contributed by atoms with E-state index in [1.54, 1.807) is 18.2 Å². The molecule has 0 unspecified atom stereocenters. The third kappa shape index (κ3) is 2.83. The van der Waals surface area contributed by atoms with Gasteiger partial charge in [0.2, 0.25) is 0 Å². The van der Waals surface area contributed by atoms with E-state index < -0.39 is 0 Å². The van der Waals surface area contributed by atoms with Crippen LogP contribution in [0.5, 0.6) is 0 Å². The fourth-order valence-electron chi connectivity index (χ4n) is 1.51. The third-order valence-electron chi connectivity index (χ3n) is 2.50. The summed E-state index contributed by atoms with van der Waals surface area (Å²) in [5, 5.41) is 3.31. The molecule has 2 aromatic rings. The lowest BCUT2D eigenvalue weighted by molar-refractivity contribution is 0.103. The third-order valence-corrected chi connectivity index (χ3v) is 3.96. The molecule has 1 heterocycles. The molecule has 94 valence electrons. The van der Waals surface area contributed by atoms with Crippen LogP contribution in [0.4, 0.5) is 11.4 Å². The standard InChI is InChI=1S/C13H13ClN2OS/c1-2-9-4-6-12(18-9)13(17)16-11-7-8(14)3-5-10(11)15/h3-7H,2,15H2,1H3,(H,16,17). The van der Waals surface area contributed by atoms with Crippen molar-refractivity contribution in [1.29, 1.82) is 0 Å². The van der Waals surface area contributed by atoms with Gasteiger partial charge in [-0.25, -0.2) is 0 Å². The lowest BCUT2D eigenvalue weighted by Crippen LogP contribution is -2.11. The molecule has 1 aromatic heterocycles. The number of carbonyl (C=O) groups is 1. The van der Waals surface area contributed by atoms with Gasteiger partial charge >= 0.3 is 0 Å². The topological polar surface area (TPSA) is 55.1 Å². The summed E-state index contributed by atoms with van der Waals surface area (Å²) in [7, 11) is 0. The molecular weight excluding hydrogens is 268 g/mol. The minimum atomic E-state index is -0.159. The molecule has 0 aliphatic carbocycles. The Hall–Kier alpha value is -1.52. The van der Waals surface area contributed by atoms with Gasteiger partial charge in [0.25, 0.3) is 5.91 Å². The zero-order chi connectivity index (χ0) is 13.1. The van der Waals surface area contributed by atoms with Crippen molar-refractivity contribution >= 4 is 40.2 Å². The molecule has 0 fully saturated rings. The van der Waals surface area contributed by atoms with Crippen LogP contribution in [0.2, 0.25) is 5.02 Å². The number of carbonyl (C=O) groups excluding carboxylic acids is 1. The maximum Gasteiger partial charge on any atom is 0.265 e. The molecule has 0 saturated carbocycles. The molecule has 3 nitrogen and oxygen atoms in total. The average molecular weight is 281 g/mol. The summed E-state index contributed by atoms with van der Waals surface area (Å²) < 4.78 is 0. The van der Waals surface area contributed by atoms with Crippen molar-refractivity contribution in [3.63, 3.8) is 0 Å². The second-order valence-corrected chi connectivity index (χ2v) is 5.41.